The molecule has 0 aromatic heterocycles. The van der Waals surface area contributed by atoms with Crippen molar-refractivity contribution in [2.45, 2.75) is 38.1 Å². The van der Waals surface area contributed by atoms with E-state index in [4.69, 9.17) is 4.74 Å². The van der Waals surface area contributed by atoms with Gasteiger partial charge < -0.3 is 4.74 Å². The molecular formula is C15H21NO3S. The Labute approximate surface area is 120 Å². The lowest BCUT2D eigenvalue weighted by Gasteiger charge is -2.21. The van der Waals surface area contributed by atoms with Gasteiger partial charge in [-0.25, -0.2) is 13.1 Å². The Hall–Kier alpha value is -1.33. The summed E-state index contributed by atoms with van der Waals surface area (Å²) in [4.78, 5) is 0. The van der Waals surface area contributed by atoms with E-state index >= 15 is 0 Å². The van der Waals surface area contributed by atoms with Crippen molar-refractivity contribution >= 4 is 16.1 Å². The van der Waals surface area contributed by atoms with Crippen molar-refractivity contribution in [3.63, 3.8) is 0 Å². The maximum atomic E-state index is 12.0. The van der Waals surface area contributed by atoms with Gasteiger partial charge in [0, 0.05) is 11.4 Å². The minimum absolute atomic E-state index is 0.0919. The van der Waals surface area contributed by atoms with Crippen LogP contribution in [0.25, 0.3) is 6.08 Å². The average Bonchev–Trinajstić information content (AvgIpc) is 2.46. The molecule has 5 heteroatoms. The van der Waals surface area contributed by atoms with Gasteiger partial charge in [0.1, 0.15) is 5.75 Å². The smallest absolute Gasteiger partial charge is 0.233 e. The summed E-state index contributed by atoms with van der Waals surface area (Å²) >= 11 is 0. The molecule has 0 aliphatic heterocycles. The first-order valence-electron chi connectivity index (χ1n) is 6.93. The second-order valence-electron chi connectivity index (χ2n) is 5.07. The number of hydrogen-bond donors (Lipinski definition) is 1. The van der Waals surface area contributed by atoms with E-state index in [0.29, 0.717) is 0 Å². The average molecular weight is 295 g/mol. The molecule has 1 aromatic rings. The van der Waals surface area contributed by atoms with Crippen LogP contribution in [0, 0.1) is 0 Å². The number of nitrogens with one attached hydrogen (secondary N) is 1. The van der Waals surface area contributed by atoms with Crippen molar-refractivity contribution in [2.75, 3.05) is 7.11 Å². The predicted octanol–water partition coefficient (Wildman–Crippen LogP) is 2.92. The van der Waals surface area contributed by atoms with Crippen LogP contribution in [0.3, 0.4) is 0 Å². The fourth-order valence-corrected chi connectivity index (χ4v) is 3.49. The zero-order chi connectivity index (χ0) is 14.4. The Morgan fingerprint density at radius 3 is 2.40 bits per heavy atom. The number of hydrogen-bond acceptors (Lipinski definition) is 3. The first kappa shape index (κ1) is 15.1. The molecule has 2 rings (SSSR count). The molecule has 110 valence electrons. The maximum Gasteiger partial charge on any atom is 0.233 e. The van der Waals surface area contributed by atoms with Crippen molar-refractivity contribution in [2.24, 2.45) is 0 Å². The van der Waals surface area contributed by atoms with Crippen LogP contribution in [0.4, 0.5) is 0 Å². The number of rotatable bonds is 5. The lowest BCUT2D eigenvalue weighted by molar-refractivity contribution is 0.413. The third kappa shape index (κ3) is 4.65. The monoisotopic (exact) mass is 295 g/mol. The van der Waals surface area contributed by atoms with E-state index in [1.807, 2.05) is 12.1 Å². The summed E-state index contributed by atoms with van der Waals surface area (Å²) < 4.78 is 31.8. The quantitative estimate of drug-likeness (QED) is 0.908. The standard InChI is InChI=1S/C15H21NO3S/c1-19-15-9-7-13(8-10-15)11-12-20(17,18)16-14-5-3-2-4-6-14/h7-12,14,16H,2-6H2,1H3/b12-11+. The second kappa shape index (κ2) is 6.90. The zero-order valence-corrected chi connectivity index (χ0v) is 12.5. The van der Waals surface area contributed by atoms with Gasteiger partial charge >= 0.3 is 0 Å². The predicted molar refractivity (Wildman–Crippen MR) is 81.0 cm³/mol. The van der Waals surface area contributed by atoms with Crippen LogP contribution in [0.2, 0.25) is 0 Å². The van der Waals surface area contributed by atoms with Crippen LogP contribution >= 0.6 is 0 Å². The van der Waals surface area contributed by atoms with Gasteiger partial charge in [-0.3, -0.25) is 0 Å². The Bertz CT molecular complexity index is 543. The van der Waals surface area contributed by atoms with E-state index in [9.17, 15) is 8.42 Å². The lowest BCUT2D eigenvalue weighted by Crippen LogP contribution is -2.34. The SMILES string of the molecule is COc1ccc(/C=C/S(=O)(=O)NC2CCCCC2)cc1. The molecule has 1 fully saturated rings. The van der Waals surface area contributed by atoms with E-state index in [-0.39, 0.29) is 6.04 Å². The highest BCUT2D eigenvalue weighted by atomic mass is 32.2. The molecule has 20 heavy (non-hydrogen) atoms. The fraction of sp³-hybridized carbons (Fsp3) is 0.467. The summed E-state index contributed by atoms with van der Waals surface area (Å²) in [5.74, 6) is 0.755. The van der Waals surface area contributed by atoms with Crippen LogP contribution in [0.1, 0.15) is 37.7 Å². The third-order valence-corrected chi connectivity index (χ3v) is 4.65. The number of methoxy groups -OCH3 is 1. The van der Waals surface area contributed by atoms with Gasteiger partial charge in [0.2, 0.25) is 10.0 Å². The van der Waals surface area contributed by atoms with Crippen LogP contribution in [0.15, 0.2) is 29.7 Å². The molecule has 1 N–H and O–H groups in total. The highest BCUT2D eigenvalue weighted by Gasteiger charge is 2.17. The molecule has 1 aliphatic rings. The molecule has 4 nitrogen and oxygen atoms in total. The molecule has 0 atom stereocenters. The first-order chi connectivity index (χ1) is 9.59. The Morgan fingerprint density at radius 2 is 1.80 bits per heavy atom. The van der Waals surface area contributed by atoms with Gasteiger partial charge in [-0.05, 0) is 36.6 Å². The van der Waals surface area contributed by atoms with Gasteiger partial charge in [-0.1, -0.05) is 31.4 Å². The molecule has 1 saturated carbocycles. The van der Waals surface area contributed by atoms with E-state index in [1.165, 1.54) is 11.8 Å². The van der Waals surface area contributed by atoms with Gasteiger partial charge in [-0.15, -0.1) is 0 Å². The number of benzene rings is 1. The van der Waals surface area contributed by atoms with Gasteiger partial charge in [0.05, 0.1) is 7.11 Å². The summed E-state index contributed by atoms with van der Waals surface area (Å²) in [6.45, 7) is 0. The molecule has 0 amide bonds. The molecule has 0 unspecified atom stereocenters. The Balaban J connectivity index is 1.97. The van der Waals surface area contributed by atoms with Crippen LogP contribution in [-0.4, -0.2) is 21.6 Å². The number of sulfonamides is 1. The normalized spacial score (nSPS) is 17.4. The topological polar surface area (TPSA) is 55.4 Å². The van der Waals surface area contributed by atoms with Crippen LogP contribution < -0.4 is 9.46 Å². The zero-order valence-electron chi connectivity index (χ0n) is 11.7. The molecule has 1 aliphatic carbocycles. The molecule has 0 spiro atoms. The third-order valence-electron chi connectivity index (χ3n) is 3.49. The minimum Gasteiger partial charge on any atom is -0.497 e. The van der Waals surface area contributed by atoms with E-state index in [2.05, 4.69) is 4.72 Å². The van der Waals surface area contributed by atoms with E-state index < -0.39 is 10.0 Å². The second-order valence-corrected chi connectivity index (χ2v) is 6.67. The minimum atomic E-state index is -3.36. The largest absolute Gasteiger partial charge is 0.497 e. The van der Waals surface area contributed by atoms with E-state index in [1.54, 1.807) is 25.3 Å². The summed E-state index contributed by atoms with van der Waals surface area (Å²) in [5, 5.41) is 1.24. The summed E-state index contributed by atoms with van der Waals surface area (Å²) in [6.07, 6.45) is 6.90. The van der Waals surface area contributed by atoms with Gasteiger partial charge in [0.25, 0.3) is 0 Å². The summed E-state index contributed by atoms with van der Waals surface area (Å²) in [7, 11) is -1.76. The van der Waals surface area contributed by atoms with Crippen molar-refractivity contribution in [3.8, 4) is 5.75 Å². The molecule has 0 radical (unpaired) electrons. The lowest BCUT2D eigenvalue weighted by atomic mass is 9.96. The van der Waals surface area contributed by atoms with Gasteiger partial charge in [-0.2, -0.15) is 0 Å². The summed E-state index contributed by atoms with van der Waals surface area (Å²) in [6, 6.07) is 7.35. The van der Waals surface area contributed by atoms with Crippen molar-refractivity contribution in [1.29, 1.82) is 0 Å². The first-order valence-corrected chi connectivity index (χ1v) is 8.48. The highest BCUT2D eigenvalue weighted by Crippen LogP contribution is 2.18. The molecule has 0 heterocycles. The van der Waals surface area contributed by atoms with Crippen LogP contribution in [-0.2, 0) is 10.0 Å². The molecular weight excluding hydrogens is 274 g/mol. The van der Waals surface area contributed by atoms with E-state index in [0.717, 1.165) is 37.0 Å². The van der Waals surface area contributed by atoms with Crippen molar-refractivity contribution in [1.82, 2.24) is 4.72 Å². The van der Waals surface area contributed by atoms with Gasteiger partial charge in [0.15, 0.2) is 0 Å². The molecule has 0 bridgehead atoms. The maximum absolute atomic E-state index is 12.0. The fourth-order valence-electron chi connectivity index (χ4n) is 2.38. The van der Waals surface area contributed by atoms with Crippen molar-refractivity contribution < 1.29 is 13.2 Å². The van der Waals surface area contributed by atoms with Crippen molar-refractivity contribution in [3.05, 3.63) is 35.2 Å². The Kier molecular flexibility index (Phi) is 5.20. The molecule has 0 saturated heterocycles. The molecule has 1 aromatic carbocycles. The Morgan fingerprint density at radius 1 is 1.15 bits per heavy atom. The summed E-state index contributed by atoms with van der Waals surface area (Å²) in [5.41, 5.74) is 0.833. The number of ether oxygens (including phenoxy) is 1. The van der Waals surface area contributed by atoms with Crippen LogP contribution in [0.5, 0.6) is 5.75 Å². The highest BCUT2D eigenvalue weighted by molar-refractivity contribution is 7.92.